The smallest absolute Gasteiger partial charge is 0.141 e. The Morgan fingerprint density at radius 3 is 2.68 bits per heavy atom. The molecule has 100 valence electrons. The highest BCUT2D eigenvalue weighted by Gasteiger charge is 2.19. The molecule has 0 saturated heterocycles. The Kier molecular flexibility index (Phi) is 3.33. The van der Waals surface area contributed by atoms with E-state index in [0.717, 1.165) is 30.1 Å². The van der Waals surface area contributed by atoms with Gasteiger partial charge < -0.3 is 14.8 Å². The van der Waals surface area contributed by atoms with Crippen LogP contribution in [0.4, 0.5) is 5.69 Å². The molecule has 0 aliphatic carbocycles. The number of nitrogens with zero attached hydrogens (tertiary/aromatic N) is 3. The topological polar surface area (TPSA) is 33.1 Å². The lowest BCUT2D eigenvalue weighted by molar-refractivity contribution is 0.518. The fourth-order valence-electron chi connectivity index (χ4n) is 2.39. The first kappa shape index (κ1) is 12.7. The molecule has 0 amide bonds. The number of rotatable bonds is 2. The lowest BCUT2D eigenvalue weighted by Crippen LogP contribution is -2.28. The monoisotopic (exact) mass is 320 g/mol. The summed E-state index contributed by atoms with van der Waals surface area (Å²) in [6.07, 6.45) is 0. The minimum atomic E-state index is 0.878. The molecule has 2 aromatic rings. The summed E-state index contributed by atoms with van der Waals surface area (Å²) in [6, 6.07) is 8.54. The maximum absolute atomic E-state index is 4.66. The standard InChI is InChI=1S/C14H17BrN4/c1-18(2)11-5-3-10(4-6-11)14-17-13(15)12-9-16-7-8-19(12)14/h3-6,16H,7-9H2,1-2H3. The molecule has 1 N–H and O–H groups in total. The van der Waals surface area contributed by atoms with Crippen LogP contribution in [0.5, 0.6) is 0 Å². The van der Waals surface area contributed by atoms with Gasteiger partial charge in [-0.3, -0.25) is 0 Å². The Bertz CT molecular complexity index is 586. The summed E-state index contributed by atoms with van der Waals surface area (Å²) >= 11 is 3.56. The summed E-state index contributed by atoms with van der Waals surface area (Å²) < 4.78 is 3.25. The van der Waals surface area contributed by atoms with Crippen molar-refractivity contribution in [3.63, 3.8) is 0 Å². The summed E-state index contributed by atoms with van der Waals surface area (Å²) in [5.41, 5.74) is 3.60. The molecule has 1 aromatic heterocycles. The minimum Gasteiger partial charge on any atom is -0.378 e. The highest BCUT2D eigenvalue weighted by Crippen LogP contribution is 2.28. The van der Waals surface area contributed by atoms with Crippen molar-refractivity contribution in [1.29, 1.82) is 0 Å². The molecule has 0 saturated carbocycles. The quantitative estimate of drug-likeness (QED) is 0.922. The first-order valence-corrected chi connectivity index (χ1v) is 7.19. The van der Waals surface area contributed by atoms with Gasteiger partial charge in [0.25, 0.3) is 0 Å². The van der Waals surface area contributed by atoms with E-state index in [-0.39, 0.29) is 0 Å². The van der Waals surface area contributed by atoms with E-state index in [0.29, 0.717) is 0 Å². The Balaban J connectivity index is 2.02. The van der Waals surface area contributed by atoms with Gasteiger partial charge in [-0.1, -0.05) is 0 Å². The van der Waals surface area contributed by atoms with Crippen molar-refractivity contribution in [3.05, 3.63) is 34.6 Å². The predicted octanol–water partition coefficient (Wildman–Crippen LogP) is 2.48. The van der Waals surface area contributed by atoms with E-state index in [1.165, 1.54) is 16.9 Å². The number of imidazole rings is 1. The molecular formula is C14H17BrN4. The highest BCUT2D eigenvalue weighted by molar-refractivity contribution is 9.10. The number of fused-ring (bicyclic) bond motifs is 1. The van der Waals surface area contributed by atoms with Crippen LogP contribution in [-0.4, -0.2) is 30.2 Å². The average molecular weight is 321 g/mol. The molecule has 3 rings (SSSR count). The van der Waals surface area contributed by atoms with Gasteiger partial charge in [0.2, 0.25) is 0 Å². The molecule has 1 aromatic carbocycles. The van der Waals surface area contributed by atoms with Crippen molar-refractivity contribution in [1.82, 2.24) is 14.9 Å². The largest absolute Gasteiger partial charge is 0.378 e. The van der Waals surface area contributed by atoms with Crippen LogP contribution in [-0.2, 0) is 13.1 Å². The van der Waals surface area contributed by atoms with Gasteiger partial charge in [-0.2, -0.15) is 0 Å². The zero-order valence-electron chi connectivity index (χ0n) is 11.2. The van der Waals surface area contributed by atoms with Crippen molar-refractivity contribution in [2.45, 2.75) is 13.1 Å². The molecule has 0 radical (unpaired) electrons. The van der Waals surface area contributed by atoms with Crippen molar-refractivity contribution in [3.8, 4) is 11.4 Å². The minimum absolute atomic E-state index is 0.878. The molecule has 1 aliphatic heterocycles. The number of hydrogen-bond acceptors (Lipinski definition) is 3. The molecule has 1 aliphatic rings. The first-order chi connectivity index (χ1) is 9.16. The molecule has 4 nitrogen and oxygen atoms in total. The zero-order valence-corrected chi connectivity index (χ0v) is 12.7. The molecule has 0 unspecified atom stereocenters. The van der Waals surface area contributed by atoms with Crippen LogP contribution in [0.15, 0.2) is 28.9 Å². The van der Waals surface area contributed by atoms with Gasteiger partial charge in [0.15, 0.2) is 0 Å². The first-order valence-electron chi connectivity index (χ1n) is 6.40. The molecule has 0 spiro atoms. The SMILES string of the molecule is CN(C)c1ccc(-c2nc(Br)c3n2CCNC3)cc1. The van der Waals surface area contributed by atoms with Crippen LogP contribution in [0.2, 0.25) is 0 Å². The highest BCUT2D eigenvalue weighted by atomic mass is 79.9. The molecule has 5 heteroatoms. The lowest BCUT2D eigenvalue weighted by atomic mass is 10.2. The van der Waals surface area contributed by atoms with E-state index in [4.69, 9.17) is 0 Å². The Morgan fingerprint density at radius 2 is 2.00 bits per heavy atom. The Hall–Kier alpha value is -1.33. The number of benzene rings is 1. The molecule has 19 heavy (non-hydrogen) atoms. The van der Waals surface area contributed by atoms with E-state index < -0.39 is 0 Å². The van der Waals surface area contributed by atoms with Gasteiger partial charge in [-0.05, 0) is 40.2 Å². The third-order valence-electron chi connectivity index (χ3n) is 3.47. The fourth-order valence-corrected chi connectivity index (χ4v) is 2.92. The van der Waals surface area contributed by atoms with Crippen LogP contribution in [0.1, 0.15) is 5.69 Å². The van der Waals surface area contributed by atoms with Gasteiger partial charge in [0.05, 0.1) is 5.69 Å². The number of aromatic nitrogens is 2. The number of halogens is 1. The molecular weight excluding hydrogens is 304 g/mol. The van der Waals surface area contributed by atoms with E-state index >= 15 is 0 Å². The molecule has 0 fully saturated rings. The molecule has 0 atom stereocenters. The summed E-state index contributed by atoms with van der Waals surface area (Å²) in [6.45, 7) is 2.85. The van der Waals surface area contributed by atoms with Crippen LogP contribution in [0, 0.1) is 0 Å². The van der Waals surface area contributed by atoms with E-state index in [1.807, 2.05) is 0 Å². The molecule has 0 bridgehead atoms. The summed E-state index contributed by atoms with van der Waals surface area (Å²) in [5, 5.41) is 3.37. The zero-order chi connectivity index (χ0) is 13.4. The van der Waals surface area contributed by atoms with E-state index in [2.05, 4.69) is 74.1 Å². The van der Waals surface area contributed by atoms with Crippen LogP contribution in [0.25, 0.3) is 11.4 Å². The van der Waals surface area contributed by atoms with Crippen LogP contribution < -0.4 is 10.2 Å². The maximum Gasteiger partial charge on any atom is 0.141 e. The summed E-state index contributed by atoms with van der Waals surface area (Å²) in [4.78, 5) is 6.76. The van der Waals surface area contributed by atoms with Gasteiger partial charge >= 0.3 is 0 Å². The van der Waals surface area contributed by atoms with Crippen molar-refractivity contribution in [2.24, 2.45) is 0 Å². The van der Waals surface area contributed by atoms with Crippen LogP contribution >= 0.6 is 15.9 Å². The number of hydrogen-bond donors (Lipinski definition) is 1. The Morgan fingerprint density at radius 1 is 1.26 bits per heavy atom. The van der Waals surface area contributed by atoms with Gasteiger partial charge in [0.1, 0.15) is 10.4 Å². The average Bonchev–Trinajstić information content (AvgIpc) is 2.77. The van der Waals surface area contributed by atoms with Crippen molar-refractivity contribution < 1.29 is 0 Å². The van der Waals surface area contributed by atoms with Gasteiger partial charge in [-0.25, -0.2) is 4.98 Å². The number of anilines is 1. The maximum atomic E-state index is 4.66. The van der Waals surface area contributed by atoms with Crippen molar-refractivity contribution >= 4 is 21.6 Å². The summed E-state index contributed by atoms with van der Waals surface area (Å²) in [5.74, 6) is 1.05. The second-order valence-corrected chi connectivity index (χ2v) is 5.69. The normalized spacial score (nSPS) is 14.3. The third-order valence-corrected chi connectivity index (χ3v) is 4.11. The molecule has 2 heterocycles. The fraction of sp³-hybridized carbons (Fsp3) is 0.357. The van der Waals surface area contributed by atoms with Gasteiger partial charge in [-0.15, -0.1) is 0 Å². The van der Waals surface area contributed by atoms with E-state index in [9.17, 15) is 0 Å². The Labute approximate surface area is 121 Å². The third kappa shape index (κ3) is 2.28. The lowest BCUT2D eigenvalue weighted by Gasteiger charge is -2.18. The van der Waals surface area contributed by atoms with Crippen LogP contribution in [0.3, 0.4) is 0 Å². The van der Waals surface area contributed by atoms with E-state index in [1.54, 1.807) is 0 Å². The van der Waals surface area contributed by atoms with Gasteiger partial charge in [0, 0.05) is 45.0 Å². The second-order valence-electron chi connectivity index (χ2n) is 4.94. The predicted molar refractivity (Wildman–Crippen MR) is 81.4 cm³/mol. The summed E-state index contributed by atoms with van der Waals surface area (Å²) in [7, 11) is 4.10. The second kappa shape index (κ2) is 4.98. The number of nitrogens with one attached hydrogen (secondary N) is 1. The van der Waals surface area contributed by atoms with Crippen molar-refractivity contribution in [2.75, 3.05) is 25.5 Å².